The molecule has 1 aromatic carbocycles. The van der Waals surface area contributed by atoms with E-state index < -0.39 is 5.97 Å². The van der Waals surface area contributed by atoms with E-state index in [1.54, 1.807) is 0 Å². The number of pyridine rings is 1. The van der Waals surface area contributed by atoms with Crippen molar-refractivity contribution in [3.05, 3.63) is 40.6 Å². The summed E-state index contributed by atoms with van der Waals surface area (Å²) in [6.07, 6.45) is 2.99. The summed E-state index contributed by atoms with van der Waals surface area (Å²) in [4.78, 5) is 16.7. The first-order chi connectivity index (χ1) is 9.99. The Morgan fingerprint density at radius 1 is 1.38 bits per heavy atom. The largest absolute Gasteiger partial charge is 0.478 e. The van der Waals surface area contributed by atoms with Gasteiger partial charge in [0.05, 0.1) is 11.1 Å². The number of aromatic carboxylic acids is 1. The third-order valence-electron chi connectivity index (χ3n) is 4.58. The number of benzene rings is 1. The Balaban J connectivity index is 2.36. The number of aromatic nitrogens is 1. The number of hydrogen-bond acceptors (Lipinski definition) is 2. The second kappa shape index (κ2) is 5.14. The van der Waals surface area contributed by atoms with Gasteiger partial charge in [-0.2, -0.15) is 0 Å². The first-order valence-electron chi connectivity index (χ1n) is 7.65. The Hall–Kier alpha value is -1.90. The lowest BCUT2D eigenvalue weighted by molar-refractivity contribution is 0.0697. The molecule has 0 saturated carbocycles. The molecule has 21 heavy (non-hydrogen) atoms. The van der Waals surface area contributed by atoms with E-state index in [0.29, 0.717) is 17.4 Å². The van der Waals surface area contributed by atoms with Crippen molar-refractivity contribution in [1.29, 1.82) is 0 Å². The second-order valence-corrected chi connectivity index (χ2v) is 6.42. The van der Waals surface area contributed by atoms with Crippen molar-refractivity contribution in [2.24, 2.45) is 5.92 Å². The first kappa shape index (κ1) is 14.1. The van der Waals surface area contributed by atoms with E-state index in [0.717, 1.165) is 47.0 Å². The lowest BCUT2D eigenvalue weighted by atomic mass is 9.78. The van der Waals surface area contributed by atoms with Crippen molar-refractivity contribution in [2.45, 2.75) is 46.0 Å². The fraction of sp³-hybridized carbons (Fsp3) is 0.444. The van der Waals surface area contributed by atoms with Crippen LogP contribution in [0.3, 0.4) is 0 Å². The molecular formula is C18H21NO2. The number of carbonyl (C=O) groups is 1. The average molecular weight is 283 g/mol. The smallest absolute Gasteiger partial charge is 0.336 e. The van der Waals surface area contributed by atoms with Crippen LogP contribution >= 0.6 is 0 Å². The summed E-state index contributed by atoms with van der Waals surface area (Å²) in [5.74, 6) is 0.0345. The van der Waals surface area contributed by atoms with E-state index in [4.69, 9.17) is 4.98 Å². The Morgan fingerprint density at radius 2 is 2.14 bits per heavy atom. The Kier molecular flexibility index (Phi) is 3.44. The van der Waals surface area contributed by atoms with Crippen LogP contribution in [-0.2, 0) is 6.42 Å². The van der Waals surface area contributed by atoms with Gasteiger partial charge in [-0.25, -0.2) is 4.79 Å². The zero-order valence-corrected chi connectivity index (χ0v) is 12.8. The molecule has 0 radical (unpaired) electrons. The summed E-state index contributed by atoms with van der Waals surface area (Å²) >= 11 is 0. The number of hydrogen-bond donors (Lipinski definition) is 1. The van der Waals surface area contributed by atoms with Gasteiger partial charge in [-0.1, -0.05) is 25.5 Å². The molecule has 1 aliphatic rings. The molecule has 3 rings (SSSR count). The zero-order valence-electron chi connectivity index (χ0n) is 12.8. The van der Waals surface area contributed by atoms with Crippen LogP contribution in [0, 0.1) is 12.8 Å². The lowest BCUT2D eigenvalue weighted by Gasteiger charge is -2.29. The Labute approximate surface area is 125 Å². The number of carboxylic acids is 1. The van der Waals surface area contributed by atoms with E-state index in [9.17, 15) is 9.90 Å². The van der Waals surface area contributed by atoms with Crippen LogP contribution in [0.15, 0.2) is 18.2 Å². The van der Waals surface area contributed by atoms with Crippen molar-refractivity contribution in [3.8, 4) is 0 Å². The van der Waals surface area contributed by atoms with Crippen molar-refractivity contribution >= 4 is 16.9 Å². The number of aryl methyl sites for hydroxylation is 1. The molecule has 1 aliphatic carbocycles. The maximum atomic E-state index is 11.8. The van der Waals surface area contributed by atoms with Crippen molar-refractivity contribution in [1.82, 2.24) is 4.98 Å². The van der Waals surface area contributed by atoms with Gasteiger partial charge in [-0.15, -0.1) is 0 Å². The third-order valence-corrected chi connectivity index (χ3v) is 4.58. The van der Waals surface area contributed by atoms with E-state index in [1.807, 2.05) is 25.1 Å². The quantitative estimate of drug-likeness (QED) is 0.893. The summed E-state index contributed by atoms with van der Waals surface area (Å²) in [7, 11) is 0. The molecule has 0 saturated heterocycles. The minimum absolute atomic E-state index is 0.373. The van der Waals surface area contributed by atoms with Gasteiger partial charge in [0.2, 0.25) is 0 Å². The highest BCUT2D eigenvalue weighted by Crippen LogP contribution is 2.39. The van der Waals surface area contributed by atoms with Crippen molar-refractivity contribution in [2.75, 3.05) is 0 Å². The Bertz CT molecular complexity index is 719. The van der Waals surface area contributed by atoms with Crippen molar-refractivity contribution in [3.63, 3.8) is 0 Å². The van der Waals surface area contributed by atoms with Gasteiger partial charge in [0, 0.05) is 17.0 Å². The molecule has 1 N–H and O–H groups in total. The lowest BCUT2D eigenvalue weighted by Crippen LogP contribution is -2.20. The number of fused-ring (bicyclic) bond motifs is 2. The summed E-state index contributed by atoms with van der Waals surface area (Å²) in [6.45, 7) is 6.38. The Morgan fingerprint density at radius 3 is 2.81 bits per heavy atom. The van der Waals surface area contributed by atoms with E-state index >= 15 is 0 Å². The molecule has 3 heteroatoms. The molecule has 1 aromatic heterocycles. The van der Waals surface area contributed by atoms with E-state index in [-0.39, 0.29) is 0 Å². The molecule has 0 fully saturated rings. The van der Waals surface area contributed by atoms with Gasteiger partial charge in [-0.05, 0) is 49.8 Å². The average Bonchev–Trinajstić information content (AvgIpc) is 2.43. The minimum Gasteiger partial charge on any atom is -0.478 e. The molecule has 1 heterocycles. The van der Waals surface area contributed by atoms with Crippen LogP contribution in [0.25, 0.3) is 10.9 Å². The molecular weight excluding hydrogens is 262 g/mol. The summed E-state index contributed by atoms with van der Waals surface area (Å²) < 4.78 is 0. The first-order valence-corrected chi connectivity index (χ1v) is 7.65. The van der Waals surface area contributed by atoms with Gasteiger partial charge in [0.15, 0.2) is 0 Å². The van der Waals surface area contributed by atoms with E-state index in [2.05, 4.69) is 13.8 Å². The van der Waals surface area contributed by atoms with Gasteiger partial charge in [-0.3, -0.25) is 4.98 Å². The zero-order chi connectivity index (χ0) is 15.1. The summed E-state index contributed by atoms with van der Waals surface area (Å²) in [6, 6.07) is 5.90. The predicted molar refractivity (Wildman–Crippen MR) is 84.0 cm³/mol. The van der Waals surface area contributed by atoms with Gasteiger partial charge in [0.1, 0.15) is 0 Å². The molecule has 2 aromatic rings. The van der Waals surface area contributed by atoms with Crippen molar-refractivity contribution < 1.29 is 9.90 Å². The van der Waals surface area contributed by atoms with Crippen LogP contribution in [-0.4, -0.2) is 16.1 Å². The predicted octanol–water partition coefficient (Wildman–Crippen LogP) is 4.32. The topological polar surface area (TPSA) is 50.2 Å². The monoisotopic (exact) mass is 283 g/mol. The van der Waals surface area contributed by atoms with E-state index in [1.165, 1.54) is 0 Å². The maximum absolute atomic E-state index is 11.8. The molecule has 1 unspecified atom stereocenters. The van der Waals surface area contributed by atoms with Crippen LogP contribution in [0.5, 0.6) is 0 Å². The fourth-order valence-corrected chi connectivity index (χ4v) is 3.52. The van der Waals surface area contributed by atoms with Crippen LogP contribution in [0.2, 0.25) is 0 Å². The molecule has 3 nitrogen and oxygen atoms in total. The molecule has 0 bridgehead atoms. The summed E-state index contributed by atoms with van der Waals surface area (Å²) in [5.41, 5.74) is 4.34. The highest BCUT2D eigenvalue weighted by atomic mass is 16.4. The third kappa shape index (κ3) is 2.31. The molecule has 110 valence electrons. The number of carboxylic acid groups (broad SMARTS) is 1. The van der Waals surface area contributed by atoms with Crippen LogP contribution < -0.4 is 0 Å². The normalized spacial score (nSPS) is 18.0. The van der Waals surface area contributed by atoms with Crippen LogP contribution in [0.1, 0.15) is 59.8 Å². The second-order valence-electron chi connectivity index (χ2n) is 6.42. The molecule has 0 spiro atoms. The van der Waals surface area contributed by atoms with Crippen LogP contribution in [0.4, 0.5) is 0 Å². The fourth-order valence-electron chi connectivity index (χ4n) is 3.52. The highest BCUT2D eigenvalue weighted by Gasteiger charge is 2.29. The minimum atomic E-state index is -0.825. The highest BCUT2D eigenvalue weighted by molar-refractivity contribution is 6.04. The SMILES string of the molecule is Cc1ccc2nc3c(c(C(=O)O)c2c1)CCCC3C(C)C. The maximum Gasteiger partial charge on any atom is 0.336 e. The number of nitrogens with zero attached hydrogens (tertiary/aromatic N) is 1. The standard InChI is InChI=1S/C18H21NO2/c1-10(2)12-5-4-6-13-16(18(20)21)14-9-11(3)7-8-15(14)19-17(12)13/h7-10,12H,4-6H2,1-3H3,(H,20,21). The molecule has 0 aliphatic heterocycles. The van der Waals surface area contributed by atoms with Gasteiger partial charge in [0.25, 0.3) is 0 Å². The molecule has 1 atom stereocenters. The van der Waals surface area contributed by atoms with Gasteiger partial charge >= 0.3 is 5.97 Å². The summed E-state index contributed by atoms with van der Waals surface area (Å²) in [5, 5.41) is 10.5. The molecule has 0 amide bonds. The number of rotatable bonds is 2. The van der Waals surface area contributed by atoms with Gasteiger partial charge < -0.3 is 5.11 Å².